The van der Waals surface area contributed by atoms with Crippen molar-refractivity contribution in [2.24, 2.45) is 5.92 Å². The Bertz CT molecular complexity index is 1300. The van der Waals surface area contributed by atoms with E-state index in [-0.39, 0.29) is 45.1 Å². The second-order valence-electron chi connectivity index (χ2n) is 8.95. The summed E-state index contributed by atoms with van der Waals surface area (Å²) in [5.74, 6) is -0.316. The van der Waals surface area contributed by atoms with Gasteiger partial charge in [0.15, 0.2) is 0 Å². The highest BCUT2D eigenvalue weighted by Gasteiger charge is 2.50. The number of anilines is 1. The molecule has 1 aliphatic heterocycles. The molecular formula is C27H24Cl2N2O4S. The number of carbonyl (C=O) groups is 1. The van der Waals surface area contributed by atoms with Crippen LogP contribution in [0.3, 0.4) is 0 Å². The van der Waals surface area contributed by atoms with Crippen LogP contribution in [-0.4, -0.2) is 28.1 Å². The van der Waals surface area contributed by atoms with Crippen molar-refractivity contribution in [1.29, 1.82) is 0 Å². The van der Waals surface area contributed by atoms with E-state index in [2.05, 4.69) is 5.32 Å². The largest absolute Gasteiger partial charge is 0.462 e. The summed E-state index contributed by atoms with van der Waals surface area (Å²) in [7, 11) is 0. The van der Waals surface area contributed by atoms with Gasteiger partial charge in [-0.15, -0.1) is 23.4 Å². The van der Waals surface area contributed by atoms with Crippen LogP contribution in [-0.2, 0) is 4.74 Å². The van der Waals surface area contributed by atoms with Gasteiger partial charge in [0.2, 0.25) is 0 Å². The van der Waals surface area contributed by atoms with Gasteiger partial charge >= 0.3 is 5.97 Å². The summed E-state index contributed by atoms with van der Waals surface area (Å²) in [5.41, 5.74) is 3.56. The molecule has 1 heterocycles. The van der Waals surface area contributed by atoms with Gasteiger partial charge in [-0.25, -0.2) is 4.79 Å². The number of hydrogen-bond donors (Lipinski definition) is 1. The van der Waals surface area contributed by atoms with E-state index in [0.29, 0.717) is 22.1 Å². The zero-order chi connectivity index (χ0) is 25.4. The van der Waals surface area contributed by atoms with E-state index >= 15 is 0 Å². The predicted molar refractivity (Wildman–Crippen MR) is 143 cm³/mol. The van der Waals surface area contributed by atoms with Gasteiger partial charge in [0.1, 0.15) is 0 Å². The summed E-state index contributed by atoms with van der Waals surface area (Å²) in [6.45, 7) is 2.08. The van der Waals surface area contributed by atoms with Crippen molar-refractivity contribution in [1.82, 2.24) is 0 Å². The third kappa shape index (κ3) is 4.67. The second-order valence-corrected chi connectivity index (χ2v) is 11.2. The Hall–Kier alpha value is -2.74. The quantitative estimate of drug-likeness (QED) is 0.150. The first kappa shape index (κ1) is 24.9. The number of esters is 1. The number of alkyl halides is 1. The van der Waals surface area contributed by atoms with Crippen LogP contribution in [0.1, 0.15) is 46.8 Å². The molecule has 3 aromatic rings. The second kappa shape index (κ2) is 10.3. The molecular weight excluding hydrogens is 519 g/mol. The van der Waals surface area contributed by atoms with Crippen LogP contribution < -0.4 is 5.32 Å². The number of nitrogens with zero attached hydrogens (tertiary/aromatic N) is 1. The van der Waals surface area contributed by atoms with E-state index in [1.165, 1.54) is 17.8 Å². The number of nitrogens with one attached hydrogen (secondary N) is 1. The Balaban J connectivity index is 1.54. The van der Waals surface area contributed by atoms with Crippen molar-refractivity contribution in [2.45, 2.75) is 40.8 Å². The maximum atomic E-state index is 12.5. The fourth-order valence-corrected chi connectivity index (χ4v) is 7.40. The molecule has 0 bridgehead atoms. The number of nitro groups is 1. The van der Waals surface area contributed by atoms with Crippen LogP contribution in [0.4, 0.5) is 11.4 Å². The van der Waals surface area contributed by atoms with Gasteiger partial charge in [0.05, 0.1) is 33.4 Å². The summed E-state index contributed by atoms with van der Waals surface area (Å²) in [6.07, 6.45) is 0.749. The molecule has 1 saturated carbocycles. The summed E-state index contributed by atoms with van der Waals surface area (Å²) < 4.78 is 5.22. The Labute approximate surface area is 223 Å². The molecule has 5 rings (SSSR count). The number of ether oxygens (including phenoxy) is 1. The van der Waals surface area contributed by atoms with Crippen molar-refractivity contribution in [3.8, 4) is 0 Å². The van der Waals surface area contributed by atoms with E-state index in [1.54, 1.807) is 31.2 Å². The molecule has 0 amide bonds. The van der Waals surface area contributed by atoms with Crippen LogP contribution in [0, 0.1) is 16.0 Å². The predicted octanol–water partition coefficient (Wildman–Crippen LogP) is 7.46. The highest BCUT2D eigenvalue weighted by Crippen LogP contribution is 2.58. The number of halogens is 2. The minimum absolute atomic E-state index is 0.0224. The van der Waals surface area contributed by atoms with E-state index in [0.717, 1.165) is 23.2 Å². The molecule has 2 aliphatic rings. The number of hydrogen-bond acceptors (Lipinski definition) is 6. The normalized spacial score (nSPS) is 24.4. The fourth-order valence-electron chi connectivity index (χ4n) is 5.33. The number of nitro benzene ring substituents is 1. The molecule has 36 heavy (non-hydrogen) atoms. The minimum atomic E-state index is -0.369. The molecule has 5 atom stereocenters. The summed E-state index contributed by atoms with van der Waals surface area (Å²) in [4.78, 5) is 24.3. The Morgan fingerprint density at radius 3 is 2.64 bits per heavy atom. The molecule has 0 unspecified atom stereocenters. The third-order valence-electron chi connectivity index (χ3n) is 6.89. The summed E-state index contributed by atoms with van der Waals surface area (Å²) >= 11 is 14.8. The number of carbonyl (C=O) groups excluding carboxylic acids is 1. The van der Waals surface area contributed by atoms with Gasteiger partial charge in [-0.2, -0.15) is 0 Å². The number of para-hydroxylation sites is 1. The monoisotopic (exact) mass is 542 g/mol. The van der Waals surface area contributed by atoms with Crippen LogP contribution in [0.5, 0.6) is 0 Å². The molecule has 6 nitrogen and oxygen atoms in total. The highest BCUT2D eigenvalue weighted by atomic mass is 35.5. The molecule has 1 fully saturated rings. The first-order valence-electron chi connectivity index (χ1n) is 11.7. The maximum absolute atomic E-state index is 12.5. The van der Waals surface area contributed by atoms with Crippen LogP contribution in [0.2, 0.25) is 5.02 Å². The molecule has 0 radical (unpaired) electrons. The molecule has 186 valence electrons. The number of benzene rings is 3. The van der Waals surface area contributed by atoms with Crippen molar-refractivity contribution < 1.29 is 14.5 Å². The lowest BCUT2D eigenvalue weighted by Gasteiger charge is -2.38. The molecule has 9 heteroatoms. The topological polar surface area (TPSA) is 81.5 Å². The molecule has 0 saturated heterocycles. The smallest absolute Gasteiger partial charge is 0.338 e. The van der Waals surface area contributed by atoms with Crippen molar-refractivity contribution in [3.63, 3.8) is 0 Å². The van der Waals surface area contributed by atoms with Crippen LogP contribution >= 0.6 is 35.0 Å². The molecule has 1 N–H and O–H groups in total. The first-order valence-corrected chi connectivity index (χ1v) is 13.4. The van der Waals surface area contributed by atoms with Gasteiger partial charge in [0.25, 0.3) is 5.69 Å². The van der Waals surface area contributed by atoms with E-state index in [9.17, 15) is 14.9 Å². The number of rotatable bonds is 6. The van der Waals surface area contributed by atoms with Gasteiger partial charge < -0.3 is 10.1 Å². The zero-order valence-corrected chi connectivity index (χ0v) is 21.7. The third-order valence-corrected chi connectivity index (χ3v) is 9.26. The lowest BCUT2D eigenvalue weighted by atomic mass is 9.77. The van der Waals surface area contributed by atoms with Gasteiger partial charge in [-0.05, 0) is 66.8 Å². The SMILES string of the molecule is CCOC(=O)c1ccc2c(c1)[C@H]1[C@@H](Cl)[C@@H](Sc3ccccc3[N+](=O)[O-])C[C@H]1[C@H](c1ccc(Cl)cc1)N2. The molecule has 3 aromatic carbocycles. The standard InChI is InChI=1S/C27H24Cl2N2O4S/c1-2-35-27(32)16-9-12-20-18(13-16)24-19(26(30-20)15-7-10-17(28)11-8-15)14-23(25(24)29)36-22-6-4-3-5-21(22)31(33)34/h3-13,19,23-26,30H,2,14H2,1H3/t19-,23+,24-,25+,26+/m1/s1. The van der Waals surface area contributed by atoms with E-state index in [4.69, 9.17) is 27.9 Å². The van der Waals surface area contributed by atoms with Crippen molar-refractivity contribution in [2.75, 3.05) is 11.9 Å². The first-order chi connectivity index (χ1) is 17.4. The molecule has 0 spiro atoms. The van der Waals surface area contributed by atoms with Crippen LogP contribution in [0.25, 0.3) is 0 Å². The van der Waals surface area contributed by atoms with Gasteiger partial charge in [-0.1, -0.05) is 35.9 Å². The van der Waals surface area contributed by atoms with Crippen molar-refractivity contribution >= 4 is 52.3 Å². The molecule has 1 aliphatic carbocycles. The average Bonchev–Trinajstić information content (AvgIpc) is 3.20. The van der Waals surface area contributed by atoms with Crippen molar-refractivity contribution in [3.05, 3.63) is 98.6 Å². The Kier molecular flexibility index (Phi) is 7.15. The lowest BCUT2D eigenvalue weighted by molar-refractivity contribution is -0.387. The summed E-state index contributed by atoms with van der Waals surface area (Å²) in [5, 5.41) is 15.6. The fraction of sp³-hybridized carbons (Fsp3) is 0.296. The average molecular weight is 543 g/mol. The van der Waals surface area contributed by atoms with Gasteiger partial charge in [0, 0.05) is 27.9 Å². The number of thioether (sulfide) groups is 1. The zero-order valence-electron chi connectivity index (χ0n) is 19.4. The van der Waals surface area contributed by atoms with E-state index < -0.39 is 0 Å². The Morgan fingerprint density at radius 1 is 1.17 bits per heavy atom. The van der Waals surface area contributed by atoms with Crippen LogP contribution in [0.15, 0.2) is 71.6 Å². The Morgan fingerprint density at radius 2 is 1.92 bits per heavy atom. The minimum Gasteiger partial charge on any atom is -0.462 e. The highest BCUT2D eigenvalue weighted by molar-refractivity contribution is 8.00. The lowest BCUT2D eigenvalue weighted by Crippen LogP contribution is -2.31. The van der Waals surface area contributed by atoms with Gasteiger partial charge in [-0.3, -0.25) is 10.1 Å². The summed E-state index contributed by atoms with van der Waals surface area (Å²) in [6, 6.07) is 20.1. The maximum Gasteiger partial charge on any atom is 0.338 e. The van der Waals surface area contributed by atoms with E-state index in [1.807, 2.05) is 36.4 Å². The number of fused-ring (bicyclic) bond motifs is 3. The molecule has 0 aromatic heterocycles.